The van der Waals surface area contributed by atoms with Crippen LogP contribution in [0, 0.1) is 0 Å². The summed E-state index contributed by atoms with van der Waals surface area (Å²) in [7, 11) is 0. The summed E-state index contributed by atoms with van der Waals surface area (Å²) >= 11 is 0. The molecule has 0 fully saturated rings. The molecule has 1 rings (SSSR count). The maximum absolute atomic E-state index is 9.68. The summed E-state index contributed by atoms with van der Waals surface area (Å²) in [4.78, 5) is 0. The van der Waals surface area contributed by atoms with E-state index in [-0.39, 0.29) is 0 Å². The molecule has 0 radical (unpaired) electrons. The highest BCUT2D eigenvalue weighted by atomic mass is 16.3. The molecular weight excluding hydrogens is 198 g/mol. The maximum atomic E-state index is 9.68. The monoisotopic (exact) mass is 221 g/mol. The summed E-state index contributed by atoms with van der Waals surface area (Å²) in [5, 5.41) is 13.2. The highest BCUT2D eigenvalue weighted by Crippen LogP contribution is 2.24. The summed E-state index contributed by atoms with van der Waals surface area (Å²) in [5.41, 5.74) is 2.05. The van der Waals surface area contributed by atoms with E-state index in [9.17, 15) is 5.11 Å². The lowest BCUT2D eigenvalue weighted by Gasteiger charge is -2.21. The number of rotatable bonds is 6. The Balaban J connectivity index is 2.78. The van der Waals surface area contributed by atoms with Crippen LogP contribution in [0.15, 0.2) is 24.3 Å². The molecule has 0 aromatic heterocycles. The molecule has 2 nitrogen and oxygen atoms in total. The van der Waals surface area contributed by atoms with Gasteiger partial charge in [0.2, 0.25) is 0 Å². The Hall–Kier alpha value is -1.02. The number of hydrogen-bond acceptors (Lipinski definition) is 2. The summed E-state index contributed by atoms with van der Waals surface area (Å²) < 4.78 is 0. The topological polar surface area (TPSA) is 32.3 Å². The summed E-state index contributed by atoms with van der Waals surface area (Å²) in [6.07, 6.45) is 3.05. The molecule has 0 aliphatic heterocycles. The first-order valence-corrected chi connectivity index (χ1v) is 6.22. The van der Waals surface area contributed by atoms with E-state index in [4.69, 9.17) is 0 Å². The van der Waals surface area contributed by atoms with E-state index in [1.54, 1.807) is 6.92 Å². The molecule has 0 aliphatic carbocycles. The van der Waals surface area contributed by atoms with E-state index in [0.717, 1.165) is 17.7 Å². The van der Waals surface area contributed by atoms with Crippen LogP contribution in [0.5, 0.6) is 0 Å². The van der Waals surface area contributed by atoms with Gasteiger partial charge in [-0.1, -0.05) is 38.5 Å². The van der Waals surface area contributed by atoms with Crippen LogP contribution < -0.4 is 5.32 Å². The normalized spacial score (nSPS) is 14.5. The van der Waals surface area contributed by atoms with Gasteiger partial charge in [0.25, 0.3) is 0 Å². The third-order valence-corrected chi connectivity index (χ3v) is 2.90. The van der Waals surface area contributed by atoms with Crippen molar-refractivity contribution in [2.24, 2.45) is 0 Å². The summed E-state index contributed by atoms with van der Waals surface area (Å²) in [5.74, 6) is 0. The van der Waals surface area contributed by atoms with Crippen molar-refractivity contribution in [2.45, 2.75) is 52.2 Å². The van der Waals surface area contributed by atoms with E-state index in [1.807, 2.05) is 24.3 Å². The van der Waals surface area contributed by atoms with E-state index in [0.29, 0.717) is 6.04 Å². The van der Waals surface area contributed by atoms with Crippen molar-refractivity contribution in [3.8, 4) is 0 Å². The fraction of sp³-hybridized carbons (Fsp3) is 0.571. The first kappa shape index (κ1) is 13.0. The van der Waals surface area contributed by atoms with Crippen molar-refractivity contribution in [1.82, 2.24) is 0 Å². The van der Waals surface area contributed by atoms with Crippen LogP contribution >= 0.6 is 0 Å². The van der Waals surface area contributed by atoms with E-state index in [1.165, 1.54) is 12.8 Å². The smallest absolute Gasteiger partial charge is 0.0781 e. The molecule has 2 atom stereocenters. The van der Waals surface area contributed by atoms with Gasteiger partial charge < -0.3 is 10.4 Å². The van der Waals surface area contributed by atoms with Gasteiger partial charge in [0, 0.05) is 17.3 Å². The fourth-order valence-corrected chi connectivity index (χ4v) is 1.94. The standard InChI is InChI=1S/C14H23NO/c1-4-8-12(5-2)15-14-10-7-6-9-13(14)11(3)16/h6-7,9-12,15-16H,4-5,8H2,1-3H3. The van der Waals surface area contributed by atoms with Gasteiger partial charge in [-0.3, -0.25) is 0 Å². The molecule has 2 heteroatoms. The molecule has 0 aliphatic rings. The lowest BCUT2D eigenvalue weighted by atomic mass is 10.1. The second-order valence-electron chi connectivity index (χ2n) is 4.30. The Labute approximate surface area is 98.7 Å². The maximum Gasteiger partial charge on any atom is 0.0781 e. The van der Waals surface area contributed by atoms with Crippen molar-refractivity contribution < 1.29 is 5.11 Å². The van der Waals surface area contributed by atoms with Gasteiger partial charge >= 0.3 is 0 Å². The minimum Gasteiger partial charge on any atom is -0.389 e. The Morgan fingerprint density at radius 1 is 1.25 bits per heavy atom. The Morgan fingerprint density at radius 3 is 2.50 bits per heavy atom. The van der Waals surface area contributed by atoms with Gasteiger partial charge in [-0.25, -0.2) is 0 Å². The van der Waals surface area contributed by atoms with Crippen molar-refractivity contribution in [3.05, 3.63) is 29.8 Å². The van der Waals surface area contributed by atoms with Crippen molar-refractivity contribution in [2.75, 3.05) is 5.32 Å². The van der Waals surface area contributed by atoms with Crippen molar-refractivity contribution in [3.63, 3.8) is 0 Å². The SMILES string of the molecule is CCCC(CC)Nc1ccccc1C(C)O. The molecule has 0 saturated heterocycles. The molecule has 0 saturated carbocycles. The van der Waals surface area contributed by atoms with Gasteiger partial charge in [0.05, 0.1) is 6.10 Å². The Bertz CT molecular complexity index is 309. The van der Waals surface area contributed by atoms with Gasteiger partial charge in [0.15, 0.2) is 0 Å². The first-order chi connectivity index (χ1) is 7.69. The molecule has 1 aromatic carbocycles. The number of benzene rings is 1. The average molecular weight is 221 g/mol. The van der Waals surface area contributed by atoms with Gasteiger partial charge in [-0.2, -0.15) is 0 Å². The lowest BCUT2D eigenvalue weighted by molar-refractivity contribution is 0.200. The van der Waals surface area contributed by atoms with Crippen molar-refractivity contribution in [1.29, 1.82) is 0 Å². The van der Waals surface area contributed by atoms with Crippen LogP contribution in [0.25, 0.3) is 0 Å². The van der Waals surface area contributed by atoms with Crippen LogP contribution in [0.1, 0.15) is 51.7 Å². The average Bonchev–Trinajstić information content (AvgIpc) is 2.29. The number of aliphatic hydroxyl groups is 1. The molecule has 1 aromatic rings. The Morgan fingerprint density at radius 2 is 1.94 bits per heavy atom. The zero-order valence-corrected chi connectivity index (χ0v) is 10.5. The minimum atomic E-state index is -0.414. The lowest BCUT2D eigenvalue weighted by Crippen LogP contribution is -2.19. The molecule has 2 N–H and O–H groups in total. The highest BCUT2D eigenvalue weighted by Gasteiger charge is 2.10. The third-order valence-electron chi connectivity index (χ3n) is 2.90. The number of hydrogen-bond donors (Lipinski definition) is 2. The molecule has 0 amide bonds. The molecule has 16 heavy (non-hydrogen) atoms. The number of anilines is 1. The molecule has 0 heterocycles. The summed E-state index contributed by atoms with van der Waals surface area (Å²) in [6.45, 7) is 6.20. The molecule has 2 unspecified atom stereocenters. The zero-order chi connectivity index (χ0) is 12.0. The highest BCUT2D eigenvalue weighted by molar-refractivity contribution is 5.52. The second kappa shape index (κ2) is 6.54. The first-order valence-electron chi connectivity index (χ1n) is 6.22. The Kier molecular flexibility index (Phi) is 5.33. The van der Waals surface area contributed by atoms with E-state index >= 15 is 0 Å². The fourth-order valence-electron chi connectivity index (χ4n) is 1.94. The second-order valence-corrected chi connectivity index (χ2v) is 4.30. The number of aliphatic hydroxyl groups excluding tert-OH is 1. The van der Waals surface area contributed by atoms with E-state index in [2.05, 4.69) is 19.2 Å². The van der Waals surface area contributed by atoms with Crippen LogP contribution in [-0.2, 0) is 0 Å². The third kappa shape index (κ3) is 3.53. The zero-order valence-electron chi connectivity index (χ0n) is 10.5. The largest absolute Gasteiger partial charge is 0.389 e. The van der Waals surface area contributed by atoms with Crippen LogP contribution in [0.3, 0.4) is 0 Å². The molecule has 0 bridgehead atoms. The molecule has 90 valence electrons. The summed E-state index contributed by atoms with van der Waals surface area (Å²) in [6, 6.07) is 8.50. The number of nitrogens with one attached hydrogen (secondary N) is 1. The van der Waals surface area contributed by atoms with Crippen LogP contribution in [0.4, 0.5) is 5.69 Å². The van der Waals surface area contributed by atoms with Crippen LogP contribution in [0.2, 0.25) is 0 Å². The van der Waals surface area contributed by atoms with Crippen LogP contribution in [-0.4, -0.2) is 11.1 Å². The van der Waals surface area contributed by atoms with Gasteiger partial charge in [-0.15, -0.1) is 0 Å². The van der Waals surface area contributed by atoms with Gasteiger partial charge in [0.1, 0.15) is 0 Å². The van der Waals surface area contributed by atoms with Gasteiger partial charge in [-0.05, 0) is 25.8 Å². The molecular formula is C14H23NO. The predicted molar refractivity (Wildman–Crippen MR) is 69.7 cm³/mol. The number of para-hydroxylation sites is 1. The minimum absolute atomic E-state index is 0.414. The molecule has 0 spiro atoms. The quantitative estimate of drug-likeness (QED) is 0.767. The van der Waals surface area contributed by atoms with Crippen molar-refractivity contribution >= 4 is 5.69 Å². The predicted octanol–water partition coefficient (Wildman–Crippen LogP) is 3.73. The van der Waals surface area contributed by atoms with E-state index < -0.39 is 6.10 Å².